The zero-order chi connectivity index (χ0) is 7.45. The molecule has 1 aliphatic heterocycles. The number of hydrogen-bond acceptors (Lipinski definition) is 2. The Hall–Kier alpha value is -0.240. The molecule has 1 aliphatic rings. The van der Waals surface area contributed by atoms with Gasteiger partial charge in [-0.1, -0.05) is 6.08 Å². The van der Waals surface area contributed by atoms with Crippen molar-refractivity contribution in [3.63, 3.8) is 0 Å². The summed E-state index contributed by atoms with van der Waals surface area (Å²) in [5.41, 5.74) is 0. The maximum atomic E-state index is 10.0. The molecule has 1 rings (SSSR count). The summed E-state index contributed by atoms with van der Waals surface area (Å²) < 4.78 is 0.251. The van der Waals surface area contributed by atoms with Crippen LogP contribution in [0.3, 0.4) is 0 Å². The molecule has 0 amide bonds. The fourth-order valence-corrected chi connectivity index (χ4v) is 2.39. The number of allylic oxidation sites excluding steroid dienone is 1. The molecule has 0 N–H and O–H groups in total. The van der Waals surface area contributed by atoms with Crippen molar-refractivity contribution in [1.29, 1.82) is 0 Å². The Labute approximate surface area is 65.9 Å². The van der Waals surface area contributed by atoms with Gasteiger partial charge in [-0.05, 0) is 31.6 Å². The van der Waals surface area contributed by atoms with Gasteiger partial charge in [-0.15, -0.1) is 0 Å². The second-order valence-corrected chi connectivity index (χ2v) is 4.39. The fraction of sp³-hybridized carbons (Fsp3) is 0.625. The molecule has 0 bridgehead atoms. The topological polar surface area (TPSA) is 17.1 Å². The van der Waals surface area contributed by atoms with Crippen LogP contribution >= 0.6 is 11.8 Å². The molecule has 0 aliphatic carbocycles. The zero-order valence-corrected chi connectivity index (χ0v) is 6.99. The van der Waals surface area contributed by atoms with E-state index in [1.54, 1.807) is 6.08 Å². The molecule has 1 unspecified atom stereocenters. The third kappa shape index (κ3) is 1.87. The number of carbonyl (C=O) groups is 1. The first-order valence-electron chi connectivity index (χ1n) is 3.54. The number of hydrogen-bond donors (Lipinski definition) is 0. The predicted molar refractivity (Wildman–Crippen MR) is 45.3 cm³/mol. The van der Waals surface area contributed by atoms with Gasteiger partial charge >= 0.3 is 0 Å². The Morgan fingerprint density at radius 3 is 2.90 bits per heavy atom. The Kier molecular flexibility index (Phi) is 2.55. The Bertz CT molecular complexity index is 145. The van der Waals surface area contributed by atoms with Gasteiger partial charge in [0, 0.05) is 4.75 Å². The van der Waals surface area contributed by atoms with E-state index in [1.807, 2.05) is 17.8 Å². The summed E-state index contributed by atoms with van der Waals surface area (Å²) >= 11 is 1.94. The summed E-state index contributed by atoms with van der Waals surface area (Å²) in [6.45, 7) is 2.19. The molecule has 1 atom stereocenters. The molecule has 1 nitrogen and oxygen atoms in total. The van der Waals surface area contributed by atoms with Gasteiger partial charge in [-0.2, -0.15) is 11.8 Å². The van der Waals surface area contributed by atoms with E-state index in [1.165, 1.54) is 18.6 Å². The molecule has 2 heteroatoms. The summed E-state index contributed by atoms with van der Waals surface area (Å²) in [7, 11) is 0. The minimum atomic E-state index is 0.251. The Morgan fingerprint density at radius 1 is 1.60 bits per heavy atom. The number of thioether (sulfide) groups is 1. The predicted octanol–water partition coefficient (Wildman–Crippen LogP) is 2.03. The van der Waals surface area contributed by atoms with Crippen LogP contribution in [0, 0.1) is 0 Å². The first-order valence-corrected chi connectivity index (χ1v) is 4.52. The van der Waals surface area contributed by atoms with Crippen molar-refractivity contribution in [1.82, 2.24) is 0 Å². The molecule has 0 aromatic rings. The van der Waals surface area contributed by atoms with Crippen molar-refractivity contribution in [2.24, 2.45) is 0 Å². The largest absolute Gasteiger partial charge is 0.299 e. The first kappa shape index (κ1) is 7.86. The lowest BCUT2D eigenvalue weighted by atomic mass is 10.1. The number of rotatable bonds is 2. The van der Waals surface area contributed by atoms with E-state index >= 15 is 0 Å². The lowest BCUT2D eigenvalue weighted by Gasteiger charge is -2.15. The highest BCUT2D eigenvalue weighted by molar-refractivity contribution is 8.01. The highest BCUT2D eigenvalue weighted by atomic mass is 32.2. The molecule has 1 saturated heterocycles. The van der Waals surface area contributed by atoms with Crippen molar-refractivity contribution in [3.05, 3.63) is 12.2 Å². The average molecular weight is 156 g/mol. The third-order valence-corrected chi connectivity index (χ3v) is 3.27. The van der Waals surface area contributed by atoms with E-state index in [2.05, 4.69) is 6.92 Å². The van der Waals surface area contributed by atoms with Gasteiger partial charge in [-0.3, -0.25) is 4.79 Å². The molecule has 1 fully saturated rings. The van der Waals surface area contributed by atoms with E-state index in [0.29, 0.717) is 0 Å². The smallest absolute Gasteiger partial charge is 0.142 e. The van der Waals surface area contributed by atoms with Gasteiger partial charge in [0.1, 0.15) is 6.29 Å². The Morgan fingerprint density at radius 2 is 2.40 bits per heavy atom. The van der Waals surface area contributed by atoms with Gasteiger partial charge < -0.3 is 0 Å². The minimum Gasteiger partial charge on any atom is -0.299 e. The Balaban J connectivity index is 2.50. The van der Waals surface area contributed by atoms with Crippen LogP contribution in [-0.4, -0.2) is 16.8 Å². The average Bonchev–Trinajstić information content (AvgIpc) is 2.33. The molecule has 0 spiro atoms. The van der Waals surface area contributed by atoms with Gasteiger partial charge in [0.25, 0.3) is 0 Å². The normalized spacial score (nSPS) is 33.3. The number of carbonyl (C=O) groups excluding carboxylic acids is 1. The minimum absolute atomic E-state index is 0.251. The molecule has 1 heterocycles. The lowest BCUT2D eigenvalue weighted by molar-refractivity contribution is -0.104. The van der Waals surface area contributed by atoms with E-state index in [-0.39, 0.29) is 4.75 Å². The lowest BCUT2D eigenvalue weighted by Crippen LogP contribution is -2.10. The maximum Gasteiger partial charge on any atom is 0.142 e. The molecule has 56 valence electrons. The van der Waals surface area contributed by atoms with Gasteiger partial charge in [0.2, 0.25) is 0 Å². The summed E-state index contributed by atoms with van der Waals surface area (Å²) in [4.78, 5) is 10.0. The SMILES string of the molecule is CC1(/C=C/C=O)CCCS1. The van der Waals surface area contributed by atoms with Crippen molar-refractivity contribution in [2.45, 2.75) is 24.5 Å². The van der Waals surface area contributed by atoms with Crippen LogP contribution in [0.5, 0.6) is 0 Å². The van der Waals surface area contributed by atoms with Gasteiger partial charge in [0.05, 0.1) is 0 Å². The van der Waals surface area contributed by atoms with E-state index in [9.17, 15) is 4.79 Å². The summed E-state index contributed by atoms with van der Waals surface area (Å²) in [5, 5.41) is 0. The van der Waals surface area contributed by atoms with Crippen LogP contribution < -0.4 is 0 Å². The van der Waals surface area contributed by atoms with Crippen LogP contribution in [0.25, 0.3) is 0 Å². The monoisotopic (exact) mass is 156 g/mol. The van der Waals surface area contributed by atoms with Gasteiger partial charge in [-0.25, -0.2) is 0 Å². The second-order valence-electron chi connectivity index (χ2n) is 2.76. The van der Waals surface area contributed by atoms with Crippen molar-refractivity contribution < 1.29 is 4.79 Å². The summed E-state index contributed by atoms with van der Waals surface area (Å²) in [6.07, 6.45) is 6.96. The molecule has 0 aromatic heterocycles. The van der Waals surface area contributed by atoms with Crippen molar-refractivity contribution in [2.75, 3.05) is 5.75 Å². The first-order chi connectivity index (χ1) is 4.77. The second kappa shape index (κ2) is 3.24. The van der Waals surface area contributed by atoms with Crippen LogP contribution in [-0.2, 0) is 4.79 Å². The quantitative estimate of drug-likeness (QED) is 0.449. The molecule has 0 radical (unpaired) electrons. The zero-order valence-electron chi connectivity index (χ0n) is 6.17. The molecular weight excluding hydrogens is 144 g/mol. The molecular formula is C8H12OS. The highest BCUT2D eigenvalue weighted by Gasteiger charge is 2.25. The van der Waals surface area contributed by atoms with E-state index in [4.69, 9.17) is 0 Å². The molecule has 10 heavy (non-hydrogen) atoms. The highest BCUT2D eigenvalue weighted by Crippen LogP contribution is 2.38. The van der Waals surface area contributed by atoms with E-state index < -0.39 is 0 Å². The van der Waals surface area contributed by atoms with Crippen molar-refractivity contribution in [3.8, 4) is 0 Å². The fourth-order valence-electron chi connectivity index (χ4n) is 1.17. The van der Waals surface area contributed by atoms with Crippen LogP contribution in [0.15, 0.2) is 12.2 Å². The summed E-state index contributed by atoms with van der Waals surface area (Å²) in [6, 6.07) is 0. The van der Waals surface area contributed by atoms with Crippen molar-refractivity contribution >= 4 is 18.0 Å². The van der Waals surface area contributed by atoms with E-state index in [0.717, 1.165) is 6.29 Å². The maximum absolute atomic E-state index is 10.0. The third-order valence-electron chi connectivity index (χ3n) is 1.78. The van der Waals surface area contributed by atoms with Crippen LogP contribution in [0.2, 0.25) is 0 Å². The molecule has 0 saturated carbocycles. The molecule has 0 aromatic carbocycles. The van der Waals surface area contributed by atoms with Gasteiger partial charge in [0.15, 0.2) is 0 Å². The van der Waals surface area contributed by atoms with Crippen LogP contribution in [0.4, 0.5) is 0 Å². The summed E-state index contributed by atoms with van der Waals surface area (Å²) in [5.74, 6) is 1.24. The van der Waals surface area contributed by atoms with Crippen LogP contribution in [0.1, 0.15) is 19.8 Å². The number of aldehydes is 1. The standard InChI is InChI=1S/C8H12OS/c1-8(4-2-6-9)5-3-7-10-8/h2,4,6H,3,5,7H2,1H3/b4-2+.